The van der Waals surface area contributed by atoms with E-state index in [0.29, 0.717) is 16.8 Å². The van der Waals surface area contributed by atoms with E-state index in [4.69, 9.17) is 9.63 Å². The number of carboxylic acid groups (broad SMARTS) is 1. The van der Waals surface area contributed by atoms with Gasteiger partial charge in [-0.25, -0.2) is 4.79 Å². The second-order valence-electron chi connectivity index (χ2n) is 3.20. The highest BCUT2D eigenvalue weighted by Gasteiger charge is 2.08. The molecule has 1 N–H and O–H groups in total. The zero-order chi connectivity index (χ0) is 11.5. The van der Waals surface area contributed by atoms with Crippen LogP contribution in [0.5, 0.6) is 0 Å². The summed E-state index contributed by atoms with van der Waals surface area (Å²) in [7, 11) is 0. The van der Waals surface area contributed by atoms with Crippen LogP contribution in [-0.2, 0) is 5.33 Å². The van der Waals surface area contributed by atoms with E-state index in [2.05, 4.69) is 21.1 Å². The second kappa shape index (κ2) is 4.49. The standard InChI is InChI=1S/C11H8BrNO3/c12-6-9-5-10(13-16-9)7-2-1-3-8(4-7)11(14)15/h1-5H,6H2,(H,14,15). The van der Waals surface area contributed by atoms with Crippen molar-refractivity contribution in [1.82, 2.24) is 5.16 Å². The number of aromatic carboxylic acids is 1. The van der Waals surface area contributed by atoms with Crippen LogP contribution in [0.4, 0.5) is 0 Å². The summed E-state index contributed by atoms with van der Waals surface area (Å²) in [5.41, 5.74) is 1.61. The number of benzene rings is 1. The molecule has 0 aliphatic carbocycles. The van der Waals surface area contributed by atoms with Crippen molar-refractivity contribution in [3.63, 3.8) is 0 Å². The van der Waals surface area contributed by atoms with Crippen molar-refractivity contribution in [2.75, 3.05) is 0 Å². The highest BCUT2D eigenvalue weighted by Crippen LogP contribution is 2.21. The van der Waals surface area contributed by atoms with Gasteiger partial charge in [-0.1, -0.05) is 33.2 Å². The fourth-order valence-corrected chi connectivity index (χ4v) is 1.59. The van der Waals surface area contributed by atoms with Crippen LogP contribution in [0.2, 0.25) is 0 Å². The zero-order valence-electron chi connectivity index (χ0n) is 8.18. The van der Waals surface area contributed by atoms with Crippen molar-refractivity contribution in [2.45, 2.75) is 5.33 Å². The van der Waals surface area contributed by atoms with Gasteiger partial charge in [0.15, 0.2) is 0 Å². The van der Waals surface area contributed by atoms with Crippen molar-refractivity contribution >= 4 is 21.9 Å². The van der Waals surface area contributed by atoms with Gasteiger partial charge in [-0.2, -0.15) is 0 Å². The molecule has 1 heterocycles. The Morgan fingerprint density at radius 3 is 2.88 bits per heavy atom. The smallest absolute Gasteiger partial charge is 0.335 e. The summed E-state index contributed by atoms with van der Waals surface area (Å²) in [6.45, 7) is 0. The maximum Gasteiger partial charge on any atom is 0.335 e. The predicted molar refractivity (Wildman–Crippen MR) is 61.5 cm³/mol. The molecule has 2 aromatic rings. The highest BCUT2D eigenvalue weighted by atomic mass is 79.9. The van der Waals surface area contributed by atoms with Crippen LogP contribution in [0.15, 0.2) is 34.9 Å². The number of nitrogens with zero attached hydrogens (tertiary/aromatic N) is 1. The molecule has 0 amide bonds. The average molecular weight is 282 g/mol. The lowest BCUT2D eigenvalue weighted by atomic mass is 10.1. The lowest BCUT2D eigenvalue weighted by Crippen LogP contribution is -1.95. The Balaban J connectivity index is 2.40. The van der Waals surface area contributed by atoms with Crippen molar-refractivity contribution in [2.24, 2.45) is 0 Å². The summed E-state index contributed by atoms with van der Waals surface area (Å²) in [6.07, 6.45) is 0. The Labute approximate surface area is 100 Å². The van der Waals surface area contributed by atoms with E-state index in [9.17, 15) is 4.79 Å². The molecule has 82 valence electrons. The van der Waals surface area contributed by atoms with Crippen LogP contribution < -0.4 is 0 Å². The molecule has 0 aliphatic rings. The minimum atomic E-state index is -0.953. The molecule has 0 aliphatic heterocycles. The van der Waals surface area contributed by atoms with Gasteiger partial charge in [-0.05, 0) is 12.1 Å². The maximum atomic E-state index is 10.8. The van der Waals surface area contributed by atoms with Crippen molar-refractivity contribution < 1.29 is 14.4 Å². The zero-order valence-corrected chi connectivity index (χ0v) is 9.77. The van der Waals surface area contributed by atoms with Gasteiger partial charge in [-0.15, -0.1) is 0 Å². The highest BCUT2D eigenvalue weighted by molar-refractivity contribution is 9.08. The van der Waals surface area contributed by atoms with E-state index in [1.165, 1.54) is 6.07 Å². The van der Waals surface area contributed by atoms with Gasteiger partial charge in [0.1, 0.15) is 11.5 Å². The van der Waals surface area contributed by atoms with E-state index in [1.54, 1.807) is 24.3 Å². The van der Waals surface area contributed by atoms with E-state index in [0.717, 1.165) is 5.56 Å². The normalized spacial score (nSPS) is 10.3. The van der Waals surface area contributed by atoms with Crippen LogP contribution in [0, 0.1) is 0 Å². The van der Waals surface area contributed by atoms with Gasteiger partial charge in [0.25, 0.3) is 0 Å². The quantitative estimate of drug-likeness (QED) is 0.879. The van der Waals surface area contributed by atoms with Gasteiger partial charge in [0.2, 0.25) is 0 Å². The molecule has 0 unspecified atom stereocenters. The van der Waals surface area contributed by atoms with Crippen LogP contribution in [-0.4, -0.2) is 16.2 Å². The van der Waals surface area contributed by atoms with Gasteiger partial charge in [0, 0.05) is 11.6 Å². The second-order valence-corrected chi connectivity index (χ2v) is 3.76. The summed E-state index contributed by atoms with van der Waals surface area (Å²) in [4.78, 5) is 10.8. The number of aromatic nitrogens is 1. The first kappa shape index (κ1) is 10.9. The summed E-state index contributed by atoms with van der Waals surface area (Å²) in [5.74, 6) is -0.248. The number of halogens is 1. The monoisotopic (exact) mass is 281 g/mol. The largest absolute Gasteiger partial charge is 0.478 e. The fourth-order valence-electron chi connectivity index (χ4n) is 1.32. The van der Waals surface area contributed by atoms with Crippen LogP contribution in [0.3, 0.4) is 0 Å². The number of rotatable bonds is 3. The van der Waals surface area contributed by atoms with Crippen LogP contribution >= 0.6 is 15.9 Å². The summed E-state index contributed by atoms with van der Waals surface area (Å²) in [5, 5.41) is 13.3. The Morgan fingerprint density at radius 2 is 2.25 bits per heavy atom. The molecular formula is C11H8BrNO3. The van der Waals surface area contributed by atoms with E-state index in [1.807, 2.05) is 0 Å². The number of hydrogen-bond acceptors (Lipinski definition) is 3. The van der Waals surface area contributed by atoms with Gasteiger partial charge in [0.05, 0.1) is 10.9 Å². The van der Waals surface area contributed by atoms with Crippen molar-refractivity contribution in [3.05, 3.63) is 41.7 Å². The van der Waals surface area contributed by atoms with Crippen molar-refractivity contribution in [3.8, 4) is 11.3 Å². The number of carbonyl (C=O) groups is 1. The van der Waals surface area contributed by atoms with Crippen molar-refractivity contribution in [1.29, 1.82) is 0 Å². The molecule has 1 aromatic heterocycles. The average Bonchev–Trinajstić information content (AvgIpc) is 2.77. The van der Waals surface area contributed by atoms with Crippen LogP contribution in [0.1, 0.15) is 16.1 Å². The Kier molecular flexibility index (Phi) is 3.05. The molecular weight excluding hydrogens is 274 g/mol. The predicted octanol–water partition coefficient (Wildman–Crippen LogP) is 2.93. The minimum Gasteiger partial charge on any atom is -0.478 e. The Morgan fingerprint density at radius 1 is 1.44 bits per heavy atom. The van der Waals surface area contributed by atoms with Crippen LogP contribution in [0.25, 0.3) is 11.3 Å². The third-order valence-electron chi connectivity index (χ3n) is 2.10. The first-order valence-corrected chi connectivity index (χ1v) is 5.68. The van der Waals surface area contributed by atoms with E-state index < -0.39 is 5.97 Å². The summed E-state index contributed by atoms with van der Waals surface area (Å²) in [6, 6.07) is 8.36. The summed E-state index contributed by atoms with van der Waals surface area (Å²) < 4.78 is 5.02. The Hall–Kier alpha value is -1.62. The third kappa shape index (κ3) is 2.14. The maximum absolute atomic E-state index is 10.8. The molecule has 2 rings (SSSR count). The SMILES string of the molecule is O=C(O)c1cccc(-c2cc(CBr)on2)c1. The third-order valence-corrected chi connectivity index (χ3v) is 2.65. The molecule has 4 nitrogen and oxygen atoms in total. The molecule has 0 bridgehead atoms. The molecule has 16 heavy (non-hydrogen) atoms. The lowest BCUT2D eigenvalue weighted by Gasteiger charge is -1.97. The van der Waals surface area contributed by atoms with Gasteiger partial charge >= 0.3 is 5.97 Å². The molecule has 0 fully saturated rings. The molecule has 1 aromatic carbocycles. The molecule has 0 radical (unpaired) electrons. The number of hydrogen-bond donors (Lipinski definition) is 1. The topological polar surface area (TPSA) is 63.3 Å². The molecule has 0 spiro atoms. The first-order chi connectivity index (χ1) is 7.70. The first-order valence-electron chi connectivity index (χ1n) is 4.56. The van der Waals surface area contributed by atoms with E-state index in [-0.39, 0.29) is 5.56 Å². The fraction of sp³-hybridized carbons (Fsp3) is 0.0909. The molecule has 0 saturated heterocycles. The lowest BCUT2D eigenvalue weighted by molar-refractivity contribution is 0.0697. The van der Waals surface area contributed by atoms with Gasteiger partial charge in [-0.3, -0.25) is 0 Å². The minimum absolute atomic E-state index is 0.237. The molecule has 0 saturated carbocycles. The van der Waals surface area contributed by atoms with Gasteiger partial charge < -0.3 is 9.63 Å². The number of alkyl halides is 1. The molecule has 0 atom stereocenters. The molecule has 5 heteroatoms. The Bertz CT molecular complexity index is 521. The summed E-state index contributed by atoms with van der Waals surface area (Å²) >= 11 is 3.25. The van der Waals surface area contributed by atoms with E-state index >= 15 is 0 Å². The number of carboxylic acids is 1.